The van der Waals surface area contributed by atoms with Crippen molar-refractivity contribution < 1.29 is 23.1 Å². The van der Waals surface area contributed by atoms with Gasteiger partial charge in [0.1, 0.15) is 5.75 Å². The number of para-hydroxylation sites is 2. The van der Waals surface area contributed by atoms with Crippen LogP contribution in [0.15, 0.2) is 53.6 Å². The molecule has 0 saturated carbocycles. The molecule has 0 fully saturated rings. The second kappa shape index (κ2) is 10.3. The Bertz CT molecular complexity index is 823. The van der Waals surface area contributed by atoms with Gasteiger partial charge < -0.3 is 10.4 Å². The SMILES string of the molecule is CC.O=C(Nc1ccccc1C(F)(F)F)C(=S)N/N=C/c1ccccc1O. The zero-order chi connectivity index (χ0) is 20.4. The van der Waals surface area contributed by atoms with Gasteiger partial charge in [0.25, 0.3) is 5.91 Å². The van der Waals surface area contributed by atoms with Crippen molar-refractivity contribution in [3.8, 4) is 5.75 Å². The highest BCUT2D eigenvalue weighted by Crippen LogP contribution is 2.34. The van der Waals surface area contributed by atoms with Gasteiger partial charge in [0.2, 0.25) is 0 Å². The van der Waals surface area contributed by atoms with Crippen LogP contribution in [0.25, 0.3) is 0 Å². The van der Waals surface area contributed by atoms with Crippen molar-refractivity contribution in [3.05, 3.63) is 59.7 Å². The van der Waals surface area contributed by atoms with E-state index in [1.165, 1.54) is 24.4 Å². The van der Waals surface area contributed by atoms with Gasteiger partial charge in [-0.05, 0) is 24.3 Å². The topological polar surface area (TPSA) is 73.7 Å². The molecule has 27 heavy (non-hydrogen) atoms. The van der Waals surface area contributed by atoms with Crippen molar-refractivity contribution in [2.75, 3.05) is 5.32 Å². The number of rotatable bonds is 3. The summed E-state index contributed by atoms with van der Waals surface area (Å²) in [7, 11) is 0. The lowest BCUT2D eigenvalue weighted by Crippen LogP contribution is -2.31. The molecule has 0 saturated heterocycles. The molecular weight excluding hydrogens is 379 g/mol. The summed E-state index contributed by atoms with van der Waals surface area (Å²) < 4.78 is 38.6. The lowest BCUT2D eigenvalue weighted by atomic mass is 10.1. The Kier molecular flexibility index (Phi) is 8.40. The van der Waals surface area contributed by atoms with E-state index >= 15 is 0 Å². The molecule has 0 aliphatic carbocycles. The van der Waals surface area contributed by atoms with Crippen LogP contribution in [0.5, 0.6) is 5.75 Å². The summed E-state index contributed by atoms with van der Waals surface area (Å²) >= 11 is 4.78. The molecule has 1 amide bonds. The number of thiocarbonyl (C=S) groups is 1. The van der Waals surface area contributed by atoms with Crippen molar-refractivity contribution in [1.29, 1.82) is 0 Å². The number of amides is 1. The fourth-order valence-electron chi connectivity index (χ4n) is 1.83. The van der Waals surface area contributed by atoms with Gasteiger partial charge in [-0.15, -0.1) is 0 Å². The van der Waals surface area contributed by atoms with Gasteiger partial charge in [0.15, 0.2) is 4.99 Å². The molecule has 0 unspecified atom stereocenters. The minimum atomic E-state index is -4.61. The Balaban J connectivity index is 0.00000176. The summed E-state index contributed by atoms with van der Waals surface area (Å²) in [4.78, 5) is 11.5. The first-order valence-electron chi connectivity index (χ1n) is 7.87. The van der Waals surface area contributed by atoms with Gasteiger partial charge in [-0.25, -0.2) is 0 Å². The van der Waals surface area contributed by atoms with Crippen LogP contribution >= 0.6 is 12.2 Å². The third kappa shape index (κ3) is 6.70. The molecule has 0 aromatic heterocycles. The molecule has 2 rings (SSSR count). The molecular formula is C18H18F3N3O2S. The molecule has 0 spiro atoms. The first kappa shape index (κ1) is 22.1. The van der Waals surface area contributed by atoms with Gasteiger partial charge in [-0.1, -0.05) is 50.3 Å². The van der Waals surface area contributed by atoms with Gasteiger partial charge in [0, 0.05) is 5.56 Å². The molecule has 9 heteroatoms. The van der Waals surface area contributed by atoms with Gasteiger partial charge >= 0.3 is 6.18 Å². The van der Waals surface area contributed by atoms with Gasteiger partial charge in [0.05, 0.1) is 17.5 Å². The van der Waals surface area contributed by atoms with Crippen molar-refractivity contribution in [2.45, 2.75) is 20.0 Å². The number of nitrogens with zero attached hydrogens (tertiary/aromatic N) is 1. The highest BCUT2D eigenvalue weighted by Gasteiger charge is 2.33. The number of aromatic hydroxyl groups is 1. The number of phenols is 1. The Morgan fingerprint density at radius 1 is 1.11 bits per heavy atom. The number of alkyl halides is 3. The average Bonchev–Trinajstić information content (AvgIpc) is 2.64. The summed E-state index contributed by atoms with van der Waals surface area (Å²) in [5.74, 6) is -0.969. The fourth-order valence-corrected chi connectivity index (χ4v) is 1.93. The third-order valence-electron chi connectivity index (χ3n) is 2.99. The van der Waals surface area contributed by atoms with Crippen molar-refractivity contribution in [3.63, 3.8) is 0 Å². The molecule has 2 aromatic carbocycles. The molecule has 0 heterocycles. The summed E-state index contributed by atoms with van der Waals surface area (Å²) in [5.41, 5.74) is 1.22. The maximum absolute atomic E-state index is 12.9. The van der Waals surface area contributed by atoms with Crippen LogP contribution in [-0.4, -0.2) is 22.2 Å². The zero-order valence-corrected chi connectivity index (χ0v) is 15.4. The summed E-state index contributed by atoms with van der Waals surface area (Å²) in [6.07, 6.45) is -3.39. The normalized spacial score (nSPS) is 10.7. The van der Waals surface area contributed by atoms with Crippen LogP contribution in [0.1, 0.15) is 25.0 Å². The third-order valence-corrected chi connectivity index (χ3v) is 3.27. The van der Waals surface area contributed by atoms with E-state index in [2.05, 4.69) is 15.8 Å². The first-order chi connectivity index (χ1) is 12.8. The number of phenolic OH excluding ortho intramolecular Hbond substituents is 1. The number of anilines is 1. The number of hydrogen-bond acceptors (Lipinski definition) is 4. The van der Waals surface area contributed by atoms with E-state index in [0.29, 0.717) is 5.56 Å². The number of nitrogens with one attached hydrogen (secondary N) is 2. The second-order valence-corrected chi connectivity index (χ2v) is 5.16. The summed E-state index contributed by atoms with van der Waals surface area (Å²) in [6.45, 7) is 4.00. The Hall–Kier alpha value is -2.94. The largest absolute Gasteiger partial charge is 0.507 e. The van der Waals surface area contributed by atoms with Crippen LogP contribution in [0.4, 0.5) is 18.9 Å². The molecule has 0 atom stereocenters. The molecule has 0 radical (unpaired) electrons. The highest BCUT2D eigenvalue weighted by atomic mass is 32.1. The highest BCUT2D eigenvalue weighted by molar-refractivity contribution is 7.82. The number of carbonyl (C=O) groups excluding carboxylic acids is 1. The van der Waals surface area contributed by atoms with Crippen LogP contribution in [0, 0.1) is 0 Å². The molecule has 2 aromatic rings. The standard InChI is InChI=1S/C16H12F3N3O2S.C2H6/c17-16(18,19)11-6-2-3-7-12(11)21-14(24)15(25)22-20-9-10-5-1-4-8-13(10)23;1-2/h1-9,23H,(H,21,24)(H,22,25);1-2H3/b20-9+;. The van der Waals surface area contributed by atoms with Crippen LogP contribution in [0.2, 0.25) is 0 Å². The van der Waals surface area contributed by atoms with Crippen molar-refractivity contribution in [2.24, 2.45) is 5.10 Å². The van der Waals surface area contributed by atoms with Crippen LogP contribution in [0.3, 0.4) is 0 Å². The average molecular weight is 397 g/mol. The van der Waals surface area contributed by atoms with Crippen LogP contribution in [-0.2, 0) is 11.0 Å². The Morgan fingerprint density at radius 2 is 1.70 bits per heavy atom. The molecule has 3 N–H and O–H groups in total. The number of hydrogen-bond donors (Lipinski definition) is 3. The molecule has 0 aliphatic heterocycles. The lowest BCUT2D eigenvalue weighted by Gasteiger charge is -2.13. The zero-order valence-electron chi connectivity index (χ0n) is 14.5. The minimum absolute atomic E-state index is 0.0254. The van der Waals surface area contributed by atoms with Crippen LogP contribution < -0.4 is 10.7 Å². The number of halogens is 3. The van der Waals surface area contributed by atoms with E-state index in [4.69, 9.17) is 12.2 Å². The predicted octanol–water partition coefficient (Wildman–Crippen LogP) is 4.33. The van der Waals surface area contributed by atoms with E-state index in [1.54, 1.807) is 18.2 Å². The maximum atomic E-state index is 12.9. The minimum Gasteiger partial charge on any atom is -0.507 e. The van der Waals surface area contributed by atoms with E-state index in [9.17, 15) is 23.1 Å². The van der Waals surface area contributed by atoms with Gasteiger partial charge in [-0.2, -0.15) is 18.3 Å². The first-order valence-corrected chi connectivity index (χ1v) is 8.28. The molecule has 0 aliphatic rings. The number of carbonyl (C=O) groups is 1. The predicted molar refractivity (Wildman–Crippen MR) is 103 cm³/mol. The van der Waals surface area contributed by atoms with Gasteiger partial charge in [-0.3, -0.25) is 10.2 Å². The van der Waals surface area contributed by atoms with Crippen molar-refractivity contribution >= 4 is 35.0 Å². The fraction of sp³-hybridized carbons (Fsp3) is 0.167. The quantitative estimate of drug-likeness (QED) is 0.410. The smallest absolute Gasteiger partial charge is 0.418 e. The number of benzene rings is 2. The molecule has 0 bridgehead atoms. The van der Waals surface area contributed by atoms with E-state index in [-0.39, 0.29) is 5.75 Å². The molecule has 144 valence electrons. The van der Waals surface area contributed by atoms with E-state index in [1.807, 2.05) is 13.8 Å². The summed E-state index contributed by atoms with van der Waals surface area (Å²) in [6, 6.07) is 10.8. The maximum Gasteiger partial charge on any atom is 0.418 e. The lowest BCUT2D eigenvalue weighted by molar-refractivity contribution is -0.136. The van der Waals surface area contributed by atoms with E-state index in [0.717, 1.165) is 12.1 Å². The Labute approximate surface area is 159 Å². The summed E-state index contributed by atoms with van der Waals surface area (Å²) in [5, 5.41) is 15.3. The monoisotopic (exact) mass is 397 g/mol. The van der Waals surface area contributed by atoms with E-state index < -0.39 is 28.3 Å². The van der Waals surface area contributed by atoms with Crippen molar-refractivity contribution in [1.82, 2.24) is 5.43 Å². The molecule has 5 nitrogen and oxygen atoms in total. The second-order valence-electron chi connectivity index (χ2n) is 4.76. The Morgan fingerprint density at radius 3 is 2.33 bits per heavy atom. The number of hydrazone groups is 1.